The lowest BCUT2D eigenvalue weighted by atomic mass is 10.0. The van der Waals surface area contributed by atoms with Crippen LogP contribution in [0.2, 0.25) is 0 Å². The lowest BCUT2D eigenvalue weighted by Gasteiger charge is -2.15. The Kier molecular flexibility index (Phi) is 6.70. The minimum atomic E-state index is -0.101. The zero-order valence-electron chi connectivity index (χ0n) is 18.3. The van der Waals surface area contributed by atoms with Gasteiger partial charge in [-0.3, -0.25) is 9.36 Å². The molecule has 0 fully saturated rings. The van der Waals surface area contributed by atoms with Crippen LogP contribution in [0.3, 0.4) is 0 Å². The SMILES string of the molecule is CC(C)c1ccc(-n2ccnc2SCC(=O)N[C@@H](C)c2ccc(-n3cncn3)cc2)cc1. The van der Waals surface area contributed by atoms with E-state index in [2.05, 4.69) is 58.5 Å². The highest BCUT2D eigenvalue weighted by Crippen LogP contribution is 2.23. The third-order valence-electron chi connectivity index (χ3n) is 5.23. The number of hydrogen-bond acceptors (Lipinski definition) is 5. The van der Waals surface area contributed by atoms with E-state index in [-0.39, 0.29) is 11.9 Å². The highest BCUT2D eigenvalue weighted by atomic mass is 32.2. The van der Waals surface area contributed by atoms with Gasteiger partial charge in [0.25, 0.3) is 0 Å². The lowest BCUT2D eigenvalue weighted by molar-refractivity contribution is -0.119. The molecule has 0 aliphatic rings. The molecule has 0 aliphatic carbocycles. The van der Waals surface area contributed by atoms with Gasteiger partial charge in [0.15, 0.2) is 5.16 Å². The Morgan fingerprint density at radius 2 is 1.69 bits per heavy atom. The van der Waals surface area contributed by atoms with Crippen LogP contribution in [-0.2, 0) is 4.79 Å². The van der Waals surface area contributed by atoms with Crippen molar-refractivity contribution in [2.75, 3.05) is 5.75 Å². The van der Waals surface area contributed by atoms with Gasteiger partial charge >= 0.3 is 0 Å². The minimum Gasteiger partial charge on any atom is -0.349 e. The first-order chi connectivity index (χ1) is 15.5. The molecule has 2 heterocycles. The molecule has 0 radical (unpaired) electrons. The molecule has 2 aromatic heterocycles. The van der Waals surface area contributed by atoms with Gasteiger partial charge in [-0.05, 0) is 48.2 Å². The summed E-state index contributed by atoms with van der Waals surface area (Å²) in [6, 6.07) is 16.2. The molecule has 0 saturated heterocycles. The number of aromatic nitrogens is 5. The standard InChI is InChI=1S/C24H26N6OS/c1-17(2)19-4-8-21(9-5-19)29-13-12-26-24(29)32-14-23(31)28-18(3)20-6-10-22(11-7-20)30-16-25-15-27-30/h4-13,15-18H,14H2,1-3H3,(H,28,31)/t18-/m0/s1. The van der Waals surface area contributed by atoms with Gasteiger partial charge in [0.2, 0.25) is 5.91 Å². The maximum Gasteiger partial charge on any atom is 0.230 e. The highest BCUT2D eigenvalue weighted by Gasteiger charge is 2.13. The smallest absolute Gasteiger partial charge is 0.230 e. The van der Waals surface area contributed by atoms with Crippen molar-refractivity contribution < 1.29 is 4.79 Å². The number of nitrogens with zero attached hydrogens (tertiary/aromatic N) is 5. The fraction of sp³-hybridized carbons (Fsp3) is 0.250. The van der Waals surface area contributed by atoms with Gasteiger partial charge in [-0.25, -0.2) is 14.6 Å². The van der Waals surface area contributed by atoms with E-state index < -0.39 is 0 Å². The van der Waals surface area contributed by atoms with Gasteiger partial charge in [0.1, 0.15) is 12.7 Å². The number of carbonyl (C=O) groups excluding carboxylic acids is 1. The average Bonchev–Trinajstić information content (AvgIpc) is 3.50. The van der Waals surface area contributed by atoms with E-state index in [1.165, 1.54) is 23.7 Å². The summed E-state index contributed by atoms with van der Waals surface area (Å²) in [5, 5.41) is 7.98. The molecule has 1 amide bonds. The predicted octanol–water partition coefficient (Wildman–Crippen LogP) is 4.55. The summed E-state index contributed by atoms with van der Waals surface area (Å²) < 4.78 is 3.70. The molecule has 0 saturated carbocycles. The Bertz CT molecular complexity index is 1150. The zero-order chi connectivity index (χ0) is 22.5. The molecule has 2 aromatic carbocycles. The second kappa shape index (κ2) is 9.82. The summed E-state index contributed by atoms with van der Waals surface area (Å²) >= 11 is 1.43. The Hall–Kier alpha value is -3.39. The van der Waals surface area contributed by atoms with E-state index in [9.17, 15) is 4.79 Å². The molecule has 8 heteroatoms. The van der Waals surface area contributed by atoms with E-state index in [1.807, 2.05) is 42.0 Å². The maximum absolute atomic E-state index is 12.6. The fourth-order valence-electron chi connectivity index (χ4n) is 3.37. The van der Waals surface area contributed by atoms with Gasteiger partial charge in [-0.15, -0.1) is 0 Å². The molecule has 1 N–H and O–H groups in total. The fourth-order valence-corrected chi connectivity index (χ4v) is 4.15. The van der Waals surface area contributed by atoms with E-state index in [0.29, 0.717) is 11.7 Å². The molecule has 4 rings (SSSR count). The summed E-state index contributed by atoms with van der Waals surface area (Å²) in [7, 11) is 0. The van der Waals surface area contributed by atoms with Crippen LogP contribution in [0.25, 0.3) is 11.4 Å². The summed E-state index contributed by atoms with van der Waals surface area (Å²) in [6.45, 7) is 6.33. The van der Waals surface area contributed by atoms with Crippen LogP contribution in [0.4, 0.5) is 0 Å². The van der Waals surface area contributed by atoms with Crippen LogP contribution in [-0.4, -0.2) is 36.0 Å². The van der Waals surface area contributed by atoms with Crippen molar-refractivity contribution in [1.29, 1.82) is 0 Å². The molecule has 4 aromatic rings. The number of imidazole rings is 1. The van der Waals surface area contributed by atoms with Crippen LogP contribution < -0.4 is 5.32 Å². The Morgan fingerprint density at radius 1 is 1.00 bits per heavy atom. The number of hydrogen-bond donors (Lipinski definition) is 1. The second-order valence-electron chi connectivity index (χ2n) is 7.84. The Balaban J connectivity index is 1.34. The first-order valence-corrected chi connectivity index (χ1v) is 11.5. The molecule has 1 atom stereocenters. The summed E-state index contributed by atoms with van der Waals surface area (Å²) in [5.41, 5.74) is 4.29. The van der Waals surface area contributed by atoms with E-state index in [1.54, 1.807) is 17.2 Å². The molecule has 0 aliphatic heterocycles. The van der Waals surface area contributed by atoms with E-state index in [0.717, 1.165) is 22.1 Å². The maximum atomic E-state index is 12.6. The molecule has 32 heavy (non-hydrogen) atoms. The first kappa shape index (κ1) is 21.8. The van der Waals surface area contributed by atoms with Crippen molar-refractivity contribution >= 4 is 17.7 Å². The van der Waals surface area contributed by atoms with Gasteiger partial charge in [-0.1, -0.05) is 49.9 Å². The molecule has 7 nitrogen and oxygen atoms in total. The van der Waals surface area contributed by atoms with Crippen molar-refractivity contribution in [2.45, 2.75) is 37.9 Å². The second-order valence-corrected chi connectivity index (χ2v) is 8.78. The van der Waals surface area contributed by atoms with Crippen molar-refractivity contribution in [3.8, 4) is 11.4 Å². The number of rotatable bonds is 8. The predicted molar refractivity (Wildman–Crippen MR) is 126 cm³/mol. The summed E-state index contributed by atoms with van der Waals surface area (Å²) in [5.74, 6) is 0.750. The van der Waals surface area contributed by atoms with Crippen molar-refractivity contribution in [3.05, 3.63) is 84.7 Å². The van der Waals surface area contributed by atoms with Crippen molar-refractivity contribution in [3.63, 3.8) is 0 Å². The Labute approximate surface area is 191 Å². The third-order valence-corrected chi connectivity index (χ3v) is 6.20. The van der Waals surface area contributed by atoms with Crippen molar-refractivity contribution in [1.82, 2.24) is 29.6 Å². The van der Waals surface area contributed by atoms with E-state index >= 15 is 0 Å². The lowest BCUT2D eigenvalue weighted by Crippen LogP contribution is -2.28. The Morgan fingerprint density at radius 3 is 2.34 bits per heavy atom. The molecule has 0 spiro atoms. The number of thioether (sulfide) groups is 1. The molecule has 0 bridgehead atoms. The molecular formula is C24H26N6OS. The summed E-state index contributed by atoms with van der Waals surface area (Å²) in [6.07, 6.45) is 6.83. The normalized spacial score (nSPS) is 12.1. The largest absolute Gasteiger partial charge is 0.349 e. The quantitative estimate of drug-likeness (QED) is 0.402. The third kappa shape index (κ3) is 5.08. The number of benzene rings is 2. The van der Waals surface area contributed by atoms with Crippen LogP contribution in [0.5, 0.6) is 0 Å². The number of carbonyl (C=O) groups is 1. The van der Waals surface area contributed by atoms with Crippen LogP contribution >= 0.6 is 11.8 Å². The molecule has 164 valence electrons. The number of nitrogens with one attached hydrogen (secondary N) is 1. The highest BCUT2D eigenvalue weighted by molar-refractivity contribution is 7.99. The summed E-state index contributed by atoms with van der Waals surface area (Å²) in [4.78, 5) is 20.9. The van der Waals surface area contributed by atoms with Crippen molar-refractivity contribution in [2.24, 2.45) is 0 Å². The number of amides is 1. The topological polar surface area (TPSA) is 77.6 Å². The first-order valence-electron chi connectivity index (χ1n) is 10.5. The van der Waals surface area contributed by atoms with Gasteiger partial charge < -0.3 is 5.32 Å². The monoisotopic (exact) mass is 446 g/mol. The van der Waals surface area contributed by atoms with Crippen LogP contribution in [0.1, 0.15) is 43.9 Å². The van der Waals surface area contributed by atoms with Crippen LogP contribution in [0, 0.1) is 0 Å². The average molecular weight is 447 g/mol. The van der Waals surface area contributed by atoms with Gasteiger partial charge in [-0.2, -0.15) is 5.10 Å². The van der Waals surface area contributed by atoms with Gasteiger partial charge in [0, 0.05) is 18.1 Å². The zero-order valence-corrected chi connectivity index (χ0v) is 19.2. The molecule has 0 unspecified atom stereocenters. The van der Waals surface area contributed by atoms with E-state index in [4.69, 9.17) is 0 Å². The minimum absolute atomic E-state index is 0.0347. The van der Waals surface area contributed by atoms with Crippen LogP contribution in [0.15, 0.2) is 78.7 Å². The molecular weight excluding hydrogens is 420 g/mol. The van der Waals surface area contributed by atoms with Gasteiger partial charge in [0.05, 0.1) is 17.5 Å².